The van der Waals surface area contributed by atoms with Crippen molar-refractivity contribution in [2.24, 2.45) is 0 Å². The van der Waals surface area contributed by atoms with E-state index in [0.717, 1.165) is 21.9 Å². The SMILES string of the molecule is COCCN(CCOc1ccccc1F)c1nc(C)nc2sccc12. The van der Waals surface area contributed by atoms with E-state index >= 15 is 0 Å². The fraction of sp³-hybridized carbons (Fsp3) is 0.333. The van der Waals surface area contributed by atoms with Crippen molar-refractivity contribution >= 4 is 27.4 Å². The number of methoxy groups -OCH3 is 1. The number of nitrogens with zero attached hydrogens (tertiary/aromatic N) is 3. The molecular formula is C18H20FN3O2S. The maximum Gasteiger partial charge on any atom is 0.165 e. The molecule has 0 atom stereocenters. The summed E-state index contributed by atoms with van der Waals surface area (Å²) in [6.45, 7) is 4.03. The van der Waals surface area contributed by atoms with Crippen LogP contribution >= 0.6 is 11.3 Å². The molecule has 0 N–H and O–H groups in total. The van der Waals surface area contributed by atoms with Crippen LogP contribution in [0.5, 0.6) is 5.75 Å². The summed E-state index contributed by atoms with van der Waals surface area (Å²) in [5.41, 5.74) is 0. The summed E-state index contributed by atoms with van der Waals surface area (Å²) in [5.74, 6) is 1.48. The summed E-state index contributed by atoms with van der Waals surface area (Å²) in [6, 6.07) is 8.43. The van der Waals surface area contributed by atoms with Crippen molar-refractivity contribution < 1.29 is 13.9 Å². The average Bonchev–Trinajstić information content (AvgIpc) is 3.07. The van der Waals surface area contributed by atoms with Gasteiger partial charge in [-0.2, -0.15) is 0 Å². The highest BCUT2D eigenvalue weighted by Crippen LogP contribution is 2.27. The zero-order chi connectivity index (χ0) is 17.6. The number of ether oxygens (including phenoxy) is 2. The lowest BCUT2D eigenvalue weighted by molar-refractivity contribution is 0.203. The number of anilines is 1. The molecule has 25 heavy (non-hydrogen) atoms. The number of rotatable bonds is 8. The summed E-state index contributed by atoms with van der Waals surface area (Å²) in [4.78, 5) is 12.1. The van der Waals surface area contributed by atoms with Crippen LogP contribution in [0.1, 0.15) is 5.82 Å². The van der Waals surface area contributed by atoms with Crippen molar-refractivity contribution in [1.82, 2.24) is 9.97 Å². The van der Waals surface area contributed by atoms with Gasteiger partial charge in [0.25, 0.3) is 0 Å². The van der Waals surface area contributed by atoms with Gasteiger partial charge in [-0.15, -0.1) is 11.3 Å². The quantitative estimate of drug-likeness (QED) is 0.613. The Bertz CT molecular complexity index is 840. The van der Waals surface area contributed by atoms with Gasteiger partial charge in [0.1, 0.15) is 23.1 Å². The molecule has 7 heteroatoms. The molecule has 3 rings (SSSR count). The molecule has 0 radical (unpaired) electrons. The standard InChI is InChI=1S/C18H20FN3O2S/c1-13-20-17(14-7-12-25-18(14)21-13)22(8-10-23-2)9-11-24-16-6-4-3-5-15(16)19/h3-7,12H,8-11H2,1-2H3. The van der Waals surface area contributed by atoms with E-state index in [9.17, 15) is 4.39 Å². The van der Waals surface area contributed by atoms with Gasteiger partial charge < -0.3 is 14.4 Å². The molecule has 5 nitrogen and oxygen atoms in total. The molecule has 2 aromatic heterocycles. The Labute approximate surface area is 150 Å². The van der Waals surface area contributed by atoms with Crippen LogP contribution in [0.3, 0.4) is 0 Å². The molecule has 0 fully saturated rings. The van der Waals surface area contributed by atoms with Crippen molar-refractivity contribution in [2.75, 3.05) is 38.3 Å². The van der Waals surface area contributed by atoms with E-state index in [4.69, 9.17) is 9.47 Å². The smallest absolute Gasteiger partial charge is 0.165 e. The molecule has 0 saturated carbocycles. The maximum atomic E-state index is 13.7. The summed E-state index contributed by atoms with van der Waals surface area (Å²) in [7, 11) is 1.67. The van der Waals surface area contributed by atoms with Crippen molar-refractivity contribution in [3.63, 3.8) is 0 Å². The largest absolute Gasteiger partial charge is 0.489 e. The Morgan fingerprint density at radius 3 is 2.72 bits per heavy atom. The molecule has 3 aromatic rings. The second-order valence-electron chi connectivity index (χ2n) is 5.49. The molecular weight excluding hydrogens is 341 g/mol. The minimum absolute atomic E-state index is 0.258. The second kappa shape index (κ2) is 8.22. The second-order valence-corrected chi connectivity index (χ2v) is 6.39. The third-order valence-electron chi connectivity index (χ3n) is 3.74. The van der Waals surface area contributed by atoms with E-state index in [1.165, 1.54) is 6.07 Å². The monoisotopic (exact) mass is 361 g/mol. The number of thiophene rings is 1. The lowest BCUT2D eigenvalue weighted by atomic mass is 10.3. The minimum Gasteiger partial charge on any atom is -0.489 e. The number of halogens is 1. The van der Waals surface area contributed by atoms with Crippen molar-refractivity contribution in [3.05, 3.63) is 47.4 Å². The maximum absolute atomic E-state index is 13.7. The molecule has 0 aliphatic heterocycles. The Hall–Kier alpha value is -2.25. The van der Waals surface area contributed by atoms with E-state index in [1.807, 2.05) is 18.4 Å². The third-order valence-corrected chi connectivity index (χ3v) is 4.54. The van der Waals surface area contributed by atoms with Crippen LogP contribution in [0.2, 0.25) is 0 Å². The predicted octanol–water partition coefficient (Wildman–Crippen LogP) is 3.67. The van der Waals surface area contributed by atoms with Gasteiger partial charge in [-0.1, -0.05) is 12.1 Å². The number of para-hydroxylation sites is 1. The van der Waals surface area contributed by atoms with Crippen molar-refractivity contribution in [1.29, 1.82) is 0 Å². The van der Waals surface area contributed by atoms with E-state index < -0.39 is 0 Å². The Kier molecular flexibility index (Phi) is 5.78. The molecule has 132 valence electrons. The van der Waals surface area contributed by atoms with Gasteiger partial charge in [0.15, 0.2) is 11.6 Å². The average molecular weight is 361 g/mol. The number of hydrogen-bond acceptors (Lipinski definition) is 6. The van der Waals surface area contributed by atoms with Crippen LogP contribution in [0.4, 0.5) is 10.2 Å². The first-order valence-corrected chi connectivity index (χ1v) is 8.90. The van der Waals surface area contributed by atoms with Crippen LogP contribution in [0, 0.1) is 12.7 Å². The molecule has 1 aromatic carbocycles. The molecule has 0 bridgehead atoms. The lowest BCUT2D eigenvalue weighted by Crippen LogP contribution is -2.32. The normalized spacial score (nSPS) is 11.0. The number of benzene rings is 1. The Balaban J connectivity index is 1.77. The Morgan fingerprint density at radius 1 is 1.12 bits per heavy atom. The first kappa shape index (κ1) is 17.6. The first-order valence-electron chi connectivity index (χ1n) is 8.02. The summed E-state index contributed by atoms with van der Waals surface area (Å²) in [5, 5.41) is 3.02. The van der Waals surface area contributed by atoms with Gasteiger partial charge in [0.05, 0.1) is 18.5 Å². The summed E-state index contributed by atoms with van der Waals surface area (Å²) in [6.07, 6.45) is 0. The zero-order valence-electron chi connectivity index (χ0n) is 14.2. The topological polar surface area (TPSA) is 47.5 Å². The molecule has 0 spiro atoms. The number of fused-ring (bicyclic) bond motifs is 1. The van der Waals surface area contributed by atoms with Gasteiger partial charge in [-0.25, -0.2) is 14.4 Å². The van der Waals surface area contributed by atoms with Crippen LogP contribution in [0.15, 0.2) is 35.7 Å². The third kappa shape index (κ3) is 4.24. The van der Waals surface area contributed by atoms with Gasteiger partial charge in [0.2, 0.25) is 0 Å². The van der Waals surface area contributed by atoms with Gasteiger partial charge in [0, 0.05) is 13.7 Å². The molecule has 0 saturated heterocycles. The van der Waals surface area contributed by atoms with Gasteiger partial charge >= 0.3 is 0 Å². The number of aryl methyl sites for hydroxylation is 1. The highest BCUT2D eigenvalue weighted by molar-refractivity contribution is 7.16. The van der Waals surface area contributed by atoms with E-state index in [-0.39, 0.29) is 11.6 Å². The minimum atomic E-state index is -0.357. The van der Waals surface area contributed by atoms with Gasteiger partial charge in [-0.3, -0.25) is 0 Å². The Morgan fingerprint density at radius 2 is 1.92 bits per heavy atom. The first-order chi connectivity index (χ1) is 12.2. The molecule has 0 aliphatic carbocycles. The molecule has 2 heterocycles. The number of aromatic nitrogens is 2. The summed E-state index contributed by atoms with van der Waals surface area (Å²) >= 11 is 1.59. The van der Waals surface area contributed by atoms with Crippen LogP contribution in [-0.4, -0.2) is 43.4 Å². The van der Waals surface area contributed by atoms with Gasteiger partial charge in [-0.05, 0) is 30.5 Å². The van der Waals surface area contributed by atoms with E-state index in [2.05, 4.69) is 14.9 Å². The molecule has 0 amide bonds. The molecule has 0 unspecified atom stereocenters. The summed E-state index contributed by atoms with van der Waals surface area (Å²) < 4.78 is 24.5. The van der Waals surface area contributed by atoms with Crippen molar-refractivity contribution in [3.8, 4) is 5.75 Å². The zero-order valence-corrected chi connectivity index (χ0v) is 15.1. The van der Waals surface area contributed by atoms with Crippen LogP contribution < -0.4 is 9.64 Å². The van der Waals surface area contributed by atoms with Crippen molar-refractivity contribution in [2.45, 2.75) is 6.92 Å². The number of hydrogen-bond donors (Lipinski definition) is 0. The van der Waals surface area contributed by atoms with E-state index in [1.54, 1.807) is 36.6 Å². The van der Waals surface area contributed by atoms with Crippen LogP contribution in [-0.2, 0) is 4.74 Å². The van der Waals surface area contributed by atoms with E-state index in [0.29, 0.717) is 26.3 Å². The fourth-order valence-corrected chi connectivity index (χ4v) is 3.34. The fourth-order valence-electron chi connectivity index (χ4n) is 2.54. The lowest BCUT2D eigenvalue weighted by Gasteiger charge is -2.24. The molecule has 0 aliphatic rings. The predicted molar refractivity (Wildman–Crippen MR) is 98.1 cm³/mol. The highest BCUT2D eigenvalue weighted by Gasteiger charge is 2.15. The van der Waals surface area contributed by atoms with Crippen LogP contribution in [0.25, 0.3) is 10.2 Å². The highest BCUT2D eigenvalue weighted by atomic mass is 32.1.